The molecule has 2 fully saturated rings. The van der Waals surface area contributed by atoms with Crippen LogP contribution < -0.4 is 14.8 Å². The van der Waals surface area contributed by atoms with Crippen LogP contribution >= 0.6 is 11.6 Å². The van der Waals surface area contributed by atoms with Gasteiger partial charge in [-0.3, -0.25) is 9.69 Å². The monoisotopic (exact) mass is 364 g/mol. The van der Waals surface area contributed by atoms with E-state index < -0.39 is 0 Å². The maximum absolute atomic E-state index is 11.6. The molecule has 25 heavy (non-hydrogen) atoms. The molecular formula is C19H25ClN2O3. The van der Waals surface area contributed by atoms with Gasteiger partial charge in [-0.15, -0.1) is 0 Å². The van der Waals surface area contributed by atoms with Gasteiger partial charge >= 0.3 is 0 Å². The zero-order valence-corrected chi connectivity index (χ0v) is 15.2. The molecule has 3 aliphatic rings. The van der Waals surface area contributed by atoms with Gasteiger partial charge in [0.1, 0.15) is 0 Å². The van der Waals surface area contributed by atoms with Gasteiger partial charge in [-0.25, -0.2) is 0 Å². The van der Waals surface area contributed by atoms with Gasteiger partial charge in [0, 0.05) is 37.9 Å². The van der Waals surface area contributed by atoms with E-state index >= 15 is 0 Å². The lowest BCUT2D eigenvalue weighted by Crippen LogP contribution is -2.44. The first-order chi connectivity index (χ1) is 12.2. The largest absolute Gasteiger partial charge is 0.489 e. The summed E-state index contributed by atoms with van der Waals surface area (Å²) in [6, 6.07) is 4.53. The predicted molar refractivity (Wildman–Crippen MR) is 96.2 cm³/mol. The summed E-state index contributed by atoms with van der Waals surface area (Å²) in [6.45, 7) is 4.02. The second kappa shape index (κ2) is 7.42. The van der Waals surface area contributed by atoms with Gasteiger partial charge < -0.3 is 14.8 Å². The molecule has 4 rings (SSSR count). The molecule has 2 atom stereocenters. The summed E-state index contributed by atoms with van der Waals surface area (Å²) in [6.07, 6.45) is 5.15. The number of carbonyl (C=O) groups excluding carboxylic acids is 1. The van der Waals surface area contributed by atoms with Crippen LogP contribution in [0.5, 0.6) is 11.5 Å². The highest BCUT2D eigenvalue weighted by Crippen LogP contribution is 2.39. The van der Waals surface area contributed by atoms with Gasteiger partial charge in [-0.05, 0) is 37.1 Å². The molecule has 1 N–H and O–H groups in total. The molecule has 1 amide bonds. The number of hydrogen-bond donors (Lipinski definition) is 1. The Balaban J connectivity index is 1.52. The van der Waals surface area contributed by atoms with Crippen LogP contribution in [-0.2, 0) is 11.3 Å². The van der Waals surface area contributed by atoms with Crippen molar-refractivity contribution >= 4 is 17.5 Å². The number of ether oxygens (including phenoxy) is 2. The van der Waals surface area contributed by atoms with E-state index in [1.165, 1.54) is 12.8 Å². The van der Waals surface area contributed by atoms with Crippen molar-refractivity contribution in [3.05, 3.63) is 22.7 Å². The average Bonchev–Trinajstić information content (AvgIpc) is 2.89. The Hall–Kier alpha value is -1.46. The summed E-state index contributed by atoms with van der Waals surface area (Å²) in [7, 11) is 0. The molecule has 3 heterocycles. The Morgan fingerprint density at radius 1 is 1.20 bits per heavy atom. The Labute approximate surface area is 153 Å². The van der Waals surface area contributed by atoms with E-state index in [-0.39, 0.29) is 5.91 Å². The molecule has 136 valence electrons. The van der Waals surface area contributed by atoms with Gasteiger partial charge in [0.2, 0.25) is 5.91 Å². The van der Waals surface area contributed by atoms with E-state index in [1.807, 2.05) is 6.07 Å². The number of likely N-dealkylation sites (tertiary alicyclic amines) is 1. The van der Waals surface area contributed by atoms with E-state index in [2.05, 4.69) is 16.3 Å². The molecular weight excluding hydrogens is 340 g/mol. The van der Waals surface area contributed by atoms with Crippen LogP contribution in [0.1, 0.15) is 37.7 Å². The highest BCUT2D eigenvalue weighted by atomic mass is 35.5. The summed E-state index contributed by atoms with van der Waals surface area (Å²) in [5.41, 5.74) is 1.15. The number of hydrogen-bond acceptors (Lipinski definition) is 4. The minimum atomic E-state index is 0.189. The van der Waals surface area contributed by atoms with Crippen LogP contribution in [0.3, 0.4) is 0 Å². The highest BCUT2D eigenvalue weighted by Gasteiger charge is 2.34. The predicted octanol–water partition coefficient (Wildman–Crippen LogP) is 2.99. The van der Waals surface area contributed by atoms with E-state index in [9.17, 15) is 4.79 Å². The lowest BCUT2D eigenvalue weighted by Gasteiger charge is -2.39. The van der Waals surface area contributed by atoms with Gasteiger partial charge in [0.05, 0.1) is 18.2 Å². The van der Waals surface area contributed by atoms with Crippen molar-refractivity contribution in [2.24, 2.45) is 5.92 Å². The van der Waals surface area contributed by atoms with Crippen LogP contribution in [0.2, 0.25) is 5.02 Å². The number of fused-ring (bicyclic) bond motifs is 1. The Morgan fingerprint density at radius 2 is 2.08 bits per heavy atom. The normalized spacial score (nSPS) is 27.0. The number of nitrogens with one attached hydrogen (secondary N) is 1. The quantitative estimate of drug-likeness (QED) is 0.895. The molecule has 0 aromatic heterocycles. The highest BCUT2D eigenvalue weighted by molar-refractivity contribution is 6.32. The van der Waals surface area contributed by atoms with Crippen molar-refractivity contribution in [3.63, 3.8) is 0 Å². The molecule has 3 aliphatic heterocycles. The van der Waals surface area contributed by atoms with Gasteiger partial charge in [0.25, 0.3) is 0 Å². The lowest BCUT2D eigenvalue weighted by molar-refractivity contribution is -0.119. The topological polar surface area (TPSA) is 50.8 Å². The Bertz CT molecular complexity index is 652. The summed E-state index contributed by atoms with van der Waals surface area (Å²) >= 11 is 6.44. The van der Waals surface area contributed by atoms with Crippen LogP contribution in [0.4, 0.5) is 0 Å². The second-order valence-electron chi connectivity index (χ2n) is 7.26. The molecule has 2 saturated heterocycles. The number of carbonyl (C=O) groups is 1. The van der Waals surface area contributed by atoms with Gasteiger partial charge in [-0.1, -0.05) is 18.0 Å². The van der Waals surface area contributed by atoms with Crippen molar-refractivity contribution in [2.45, 2.75) is 44.7 Å². The summed E-state index contributed by atoms with van der Waals surface area (Å²) in [4.78, 5) is 14.1. The fourth-order valence-corrected chi connectivity index (χ4v) is 4.54. The Kier molecular flexibility index (Phi) is 5.04. The third kappa shape index (κ3) is 3.72. The van der Waals surface area contributed by atoms with E-state index in [4.69, 9.17) is 21.1 Å². The summed E-state index contributed by atoms with van der Waals surface area (Å²) < 4.78 is 11.5. The molecule has 0 spiro atoms. The van der Waals surface area contributed by atoms with Crippen LogP contribution in [0.25, 0.3) is 0 Å². The molecule has 0 aliphatic carbocycles. The number of halogens is 1. The SMILES string of the molecule is O=C1CC(C2CCCCN2Cc2cc(Cl)c3c(c2)OCCCO3)CN1. The Morgan fingerprint density at radius 3 is 2.92 bits per heavy atom. The van der Waals surface area contributed by atoms with Gasteiger partial charge in [-0.2, -0.15) is 0 Å². The van der Waals surface area contributed by atoms with Gasteiger partial charge in [0.15, 0.2) is 11.5 Å². The number of piperidine rings is 1. The van der Waals surface area contributed by atoms with Crippen LogP contribution in [0.15, 0.2) is 12.1 Å². The van der Waals surface area contributed by atoms with Crippen molar-refractivity contribution in [3.8, 4) is 11.5 Å². The first-order valence-electron chi connectivity index (χ1n) is 9.29. The molecule has 1 aromatic rings. The number of rotatable bonds is 3. The minimum Gasteiger partial charge on any atom is -0.489 e. The van der Waals surface area contributed by atoms with E-state index in [0.717, 1.165) is 43.8 Å². The minimum absolute atomic E-state index is 0.189. The molecule has 1 aromatic carbocycles. The molecule has 0 saturated carbocycles. The second-order valence-corrected chi connectivity index (χ2v) is 7.66. The smallest absolute Gasteiger partial charge is 0.220 e. The summed E-state index contributed by atoms with van der Waals surface area (Å²) in [5.74, 6) is 2.04. The van der Waals surface area contributed by atoms with Crippen molar-refractivity contribution < 1.29 is 14.3 Å². The molecule has 5 nitrogen and oxygen atoms in total. The standard InChI is InChI=1S/C19H25ClN2O3/c20-15-8-13(9-17-19(15)25-7-3-6-24-17)12-22-5-2-1-4-16(22)14-10-18(23)21-11-14/h8-9,14,16H,1-7,10-12H2,(H,21,23). The maximum atomic E-state index is 11.6. The molecule has 0 bridgehead atoms. The van der Waals surface area contributed by atoms with E-state index in [1.54, 1.807) is 0 Å². The average molecular weight is 365 g/mol. The number of nitrogens with zero attached hydrogens (tertiary/aromatic N) is 1. The van der Waals surface area contributed by atoms with Crippen molar-refractivity contribution in [1.29, 1.82) is 0 Å². The zero-order chi connectivity index (χ0) is 17.2. The fraction of sp³-hybridized carbons (Fsp3) is 0.632. The lowest BCUT2D eigenvalue weighted by atomic mass is 9.89. The third-order valence-corrected chi connectivity index (χ3v) is 5.75. The number of amides is 1. The van der Waals surface area contributed by atoms with Crippen molar-refractivity contribution in [1.82, 2.24) is 10.2 Å². The zero-order valence-electron chi connectivity index (χ0n) is 14.4. The van der Waals surface area contributed by atoms with Crippen LogP contribution in [-0.4, -0.2) is 43.2 Å². The maximum Gasteiger partial charge on any atom is 0.220 e. The summed E-state index contributed by atoms with van der Waals surface area (Å²) in [5, 5.41) is 3.61. The first kappa shape index (κ1) is 17.0. The molecule has 0 radical (unpaired) electrons. The first-order valence-corrected chi connectivity index (χ1v) is 9.67. The van der Waals surface area contributed by atoms with E-state index in [0.29, 0.717) is 42.4 Å². The fourth-order valence-electron chi connectivity index (χ4n) is 4.26. The molecule has 2 unspecified atom stereocenters. The third-order valence-electron chi connectivity index (χ3n) is 5.47. The van der Waals surface area contributed by atoms with Crippen molar-refractivity contribution in [2.75, 3.05) is 26.3 Å². The van der Waals surface area contributed by atoms with Crippen LogP contribution in [0, 0.1) is 5.92 Å². The number of benzene rings is 1. The molecule has 6 heteroatoms.